The van der Waals surface area contributed by atoms with E-state index in [4.69, 9.17) is 9.47 Å². The van der Waals surface area contributed by atoms with Gasteiger partial charge in [0.2, 0.25) is 0 Å². The van der Waals surface area contributed by atoms with E-state index in [2.05, 4.69) is 10.2 Å². The summed E-state index contributed by atoms with van der Waals surface area (Å²) in [6.45, 7) is 11.5. The zero-order valence-corrected chi connectivity index (χ0v) is 13.8. The molecule has 1 aromatic carbocycles. The molecule has 0 unspecified atom stereocenters. The summed E-state index contributed by atoms with van der Waals surface area (Å²) >= 11 is 0. The molecule has 0 atom stereocenters. The van der Waals surface area contributed by atoms with Crippen molar-refractivity contribution >= 4 is 5.97 Å². The maximum atomic E-state index is 11.5. The van der Waals surface area contributed by atoms with Gasteiger partial charge in [-0.25, -0.2) is 0 Å². The molecule has 5 heteroatoms. The van der Waals surface area contributed by atoms with Crippen LogP contribution in [0.2, 0.25) is 0 Å². The van der Waals surface area contributed by atoms with Gasteiger partial charge in [0.25, 0.3) is 0 Å². The molecule has 1 saturated heterocycles. The number of rotatable bonds is 6. The number of hydrogen-bond acceptors (Lipinski definition) is 5. The zero-order chi connectivity index (χ0) is 15.9. The van der Waals surface area contributed by atoms with E-state index < -0.39 is 0 Å². The molecule has 1 aliphatic heterocycles. The Morgan fingerprint density at radius 3 is 2.45 bits per heavy atom. The van der Waals surface area contributed by atoms with Crippen LogP contribution in [0.25, 0.3) is 0 Å². The third-order valence-corrected chi connectivity index (χ3v) is 3.82. The van der Waals surface area contributed by atoms with Crippen LogP contribution < -0.4 is 14.8 Å². The van der Waals surface area contributed by atoms with Crippen LogP contribution in [0, 0.1) is 13.8 Å². The van der Waals surface area contributed by atoms with E-state index >= 15 is 0 Å². The van der Waals surface area contributed by atoms with E-state index in [1.807, 2.05) is 26.0 Å². The van der Waals surface area contributed by atoms with Crippen LogP contribution >= 0.6 is 0 Å². The molecule has 122 valence electrons. The minimum Gasteiger partial charge on any atom is -0.492 e. The van der Waals surface area contributed by atoms with Gasteiger partial charge < -0.3 is 14.8 Å². The molecular weight excluding hydrogens is 280 g/mol. The highest BCUT2D eigenvalue weighted by Crippen LogP contribution is 2.28. The van der Waals surface area contributed by atoms with E-state index in [0.717, 1.165) is 49.6 Å². The number of aryl methyl sites for hydroxylation is 2. The largest absolute Gasteiger partial charge is 0.492 e. The Bertz CT molecular complexity index is 488. The van der Waals surface area contributed by atoms with Crippen molar-refractivity contribution in [2.75, 3.05) is 39.3 Å². The normalized spacial score (nSPS) is 15.6. The monoisotopic (exact) mass is 306 g/mol. The smallest absolute Gasteiger partial charge is 0.310 e. The van der Waals surface area contributed by atoms with Gasteiger partial charge in [0.15, 0.2) is 0 Å². The average Bonchev–Trinajstić information content (AvgIpc) is 2.51. The van der Waals surface area contributed by atoms with Gasteiger partial charge >= 0.3 is 5.97 Å². The van der Waals surface area contributed by atoms with Gasteiger partial charge in [-0.15, -0.1) is 0 Å². The molecule has 0 spiro atoms. The van der Waals surface area contributed by atoms with Crippen LogP contribution in [0.15, 0.2) is 12.1 Å². The van der Waals surface area contributed by atoms with Crippen molar-refractivity contribution in [2.45, 2.75) is 27.2 Å². The number of piperazine rings is 1. The summed E-state index contributed by atoms with van der Waals surface area (Å²) in [6.07, 6.45) is 0.377. The fourth-order valence-electron chi connectivity index (χ4n) is 2.57. The Kier molecular flexibility index (Phi) is 6.21. The number of ether oxygens (including phenoxy) is 2. The number of esters is 1. The Hall–Kier alpha value is -1.59. The molecule has 22 heavy (non-hydrogen) atoms. The molecule has 2 rings (SSSR count). The van der Waals surface area contributed by atoms with Crippen molar-refractivity contribution in [3.05, 3.63) is 23.3 Å². The van der Waals surface area contributed by atoms with Crippen molar-refractivity contribution in [2.24, 2.45) is 0 Å². The molecule has 1 fully saturated rings. The van der Waals surface area contributed by atoms with Crippen LogP contribution in [0.5, 0.6) is 11.5 Å². The standard InChI is InChI=1S/C17H26N2O3/c1-4-16(20)22-17-13(2)11-15(12-14(17)3)21-10-9-19-7-5-18-6-8-19/h11-12,18H,4-10H2,1-3H3. The number of carbonyl (C=O) groups excluding carboxylic acids is 1. The second-order valence-electron chi connectivity index (χ2n) is 5.65. The predicted molar refractivity (Wildman–Crippen MR) is 86.6 cm³/mol. The van der Waals surface area contributed by atoms with Gasteiger partial charge in [-0.05, 0) is 37.1 Å². The maximum Gasteiger partial charge on any atom is 0.310 e. The lowest BCUT2D eigenvalue weighted by Crippen LogP contribution is -2.44. The summed E-state index contributed by atoms with van der Waals surface area (Å²) in [7, 11) is 0. The summed E-state index contributed by atoms with van der Waals surface area (Å²) in [5.41, 5.74) is 1.86. The van der Waals surface area contributed by atoms with Gasteiger partial charge in [-0.3, -0.25) is 9.69 Å². The molecule has 0 aromatic heterocycles. The number of benzene rings is 1. The highest BCUT2D eigenvalue weighted by molar-refractivity contribution is 5.73. The topological polar surface area (TPSA) is 50.8 Å². The van der Waals surface area contributed by atoms with Crippen LogP contribution in [-0.4, -0.2) is 50.2 Å². The third kappa shape index (κ3) is 4.71. The van der Waals surface area contributed by atoms with E-state index in [1.165, 1.54) is 0 Å². The minimum atomic E-state index is -0.210. The first-order chi connectivity index (χ1) is 10.6. The third-order valence-electron chi connectivity index (χ3n) is 3.82. The molecule has 0 amide bonds. The highest BCUT2D eigenvalue weighted by atomic mass is 16.5. The van der Waals surface area contributed by atoms with E-state index in [-0.39, 0.29) is 5.97 Å². The summed E-state index contributed by atoms with van der Waals surface area (Å²) < 4.78 is 11.2. The summed E-state index contributed by atoms with van der Waals surface area (Å²) in [5, 5.41) is 3.34. The van der Waals surface area contributed by atoms with Gasteiger partial charge in [0.05, 0.1) is 0 Å². The quantitative estimate of drug-likeness (QED) is 0.642. The predicted octanol–water partition coefficient (Wildman–Crippen LogP) is 1.90. The zero-order valence-electron chi connectivity index (χ0n) is 13.8. The van der Waals surface area contributed by atoms with Crippen molar-refractivity contribution < 1.29 is 14.3 Å². The molecular formula is C17H26N2O3. The SMILES string of the molecule is CCC(=O)Oc1c(C)cc(OCCN2CCNCC2)cc1C. The maximum absolute atomic E-state index is 11.5. The lowest BCUT2D eigenvalue weighted by molar-refractivity contribution is -0.134. The van der Waals surface area contributed by atoms with Crippen molar-refractivity contribution in [3.8, 4) is 11.5 Å². The van der Waals surface area contributed by atoms with E-state index in [1.54, 1.807) is 6.92 Å². The number of nitrogens with one attached hydrogen (secondary N) is 1. The number of hydrogen-bond donors (Lipinski definition) is 1. The Labute approximate surface area is 132 Å². The average molecular weight is 306 g/mol. The molecule has 0 saturated carbocycles. The van der Waals surface area contributed by atoms with Gasteiger partial charge in [-0.2, -0.15) is 0 Å². The molecule has 1 heterocycles. The first-order valence-electron chi connectivity index (χ1n) is 7.98. The first-order valence-corrected chi connectivity index (χ1v) is 7.98. The molecule has 1 aliphatic rings. The van der Waals surface area contributed by atoms with Crippen molar-refractivity contribution in [1.29, 1.82) is 0 Å². The molecule has 0 bridgehead atoms. The number of nitrogens with zero attached hydrogens (tertiary/aromatic N) is 1. The van der Waals surface area contributed by atoms with Gasteiger partial charge in [-0.1, -0.05) is 6.92 Å². The number of carbonyl (C=O) groups is 1. The lowest BCUT2D eigenvalue weighted by atomic mass is 10.1. The Morgan fingerprint density at radius 2 is 1.86 bits per heavy atom. The molecule has 1 aromatic rings. The molecule has 5 nitrogen and oxygen atoms in total. The minimum absolute atomic E-state index is 0.210. The lowest BCUT2D eigenvalue weighted by Gasteiger charge is -2.27. The molecule has 1 N–H and O–H groups in total. The Morgan fingerprint density at radius 1 is 1.23 bits per heavy atom. The van der Waals surface area contributed by atoms with E-state index in [0.29, 0.717) is 18.8 Å². The molecule has 0 aliphatic carbocycles. The van der Waals surface area contributed by atoms with Crippen LogP contribution in [0.1, 0.15) is 24.5 Å². The fraction of sp³-hybridized carbons (Fsp3) is 0.588. The van der Waals surface area contributed by atoms with Crippen molar-refractivity contribution in [3.63, 3.8) is 0 Å². The van der Waals surface area contributed by atoms with Gasteiger partial charge in [0.1, 0.15) is 18.1 Å². The Balaban J connectivity index is 1.90. The van der Waals surface area contributed by atoms with Crippen LogP contribution in [0.4, 0.5) is 0 Å². The van der Waals surface area contributed by atoms with Crippen LogP contribution in [-0.2, 0) is 4.79 Å². The first kappa shape index (κ1) is 16.8. The second-order valence-corrected chi connectivity index (χ2v) is 5.65. The summed E-state index contributed by atoms with van der Waals surface area (Å²) in [4.78, 5) is 13.9. The summed E-state index contributed by atoms with van der Waals surface area (Å²) in [6, 6.07) is 3.87. The second kappa shape index (κ2) is 8.15. The highest BCUT2D eigenvalue weighted by Gasteiger charge is 2.12. The summed E-state index contributed by atoms with van der Waals surface area (Å²) in [5.74, 6) is 1.28. The van der Waals surface area contributed by atoms with Gasteiger partial charge in [0, 0.05) is 39.1 Å². The van der Waals surface area contributed by atoms with Crippen LogP contribution in [0.3, 0.4) is 0 Å². The van der Waals surface area contributed by atoms with Crippen molar-refractivity contribution in [1.82, 2.24) is 10.2 Å². The fourth-order valence-corrected chi connectivity index (χ4v) is 2.57. The molecule has 0 radical (unpaired) electrons. The van der Waals surface area contributed by atoms with E-state index in [9.17, 15) is 4.79 Å².